The minimum atomic E-state index is 0.929. The largest absolute Gasteiger partial charge is 0.463 e. The predicted molar refractivity (Wildman–Crippen MR) is 63.0 cm³/mol. The topological polar surface area (TPSA) is 9.23 Å². The summed E-state index contributed by atoms with van der Waals surface area (Å²) in [5.74, 6) is 1.91. The van der Waals surface area contributed by atoms with Gasteiger partial charge in [0.05, 0.1) is 5.76 Å². The van der Waals surface area contributed by atoms with Gasteiger partial charge in [0.1, 0.15) is 5.76 Å². The molecule has 15 heavy (non-hydrogen) atoms. The molecule has 1 aromatic rings. The van der Waals surface area contributed by atoms with Crippen LogP contribution in [0.5, 0.6) is 0 Å². The van der Waals surface area contributed by atoms with Crippen LogP contribution in [0, 0.1) is 0 Å². The molecule has 0 amide bonds. The van der Waals surface area contributed by atoms with Crippen LogP contribution in [0.3, 0.4) is 0 Å². The Morgan fingerprint density at radius 1 is 1.07 bits per heavy atom. The highest BCUT2D eigenvalue weighted by Gasteiger charge is 1.99. The highest BCUT2D eigenvalue weighted by atomic mass is 16.5. The van der Waals surface area contributed by atoms with Gasteiger partial charge in [-0.05, 0) is 37.1 Å². The van der Waals surface area contributed by atoms with Crippen LogP contribution in [0.4, 0.5) is 0 Å². The predicted octanol–water partition coefficient (Wildman–Crippen LogP) is 3.91. The zero-order chi connectivity index (χ0) is 10.5. The molecular formula is C14H14O. The molecule has 2 rings (SSSR count). The van der Waals surface area contributed by atoms with Crippen molar-refractivity contribution in [3.8, 4) is 0 Å². The van der Waals surface area contributed by atoms with E-state index in [0.717, 1.165) is 17.9 Å². The maximum Gasteiger partial charge on any atom is 0.123 e. The standard InChI is InChI=1S/C14H14O/c1-12-6-5-9-14(15-12)11-10-13-7-3-2-4-8-13/h2-4,6-11H,5H2,1H3. The first-order chi connectivity index (χ1) is 7.34. The Labute approximate surface area is 90.4 Å². The number of benzene rings is 1. The van der Waals surface area contributed by atoms with Crippen molar-refractivity contribution < 1.29 is 4.74 Å². The molecule has 1 aliphatic rings. The lowest BCUT2D eigenvalue weighted by molar-refractivity contribution is 0.313. The molecule has 0 spiro atoms. The third kappa shape index (κ3) is 2.84. The first kappa shape index (κ1) is 9.78. The summed E-state index contributed by atoms with van der Waals surface area (Å²) in [6.07, 6.45) is 9.17. The van der Waals surface area contributed by atoms with Crippen molar-refractivity contribution in [2.24, 2.45) is 0 Å². The molecule has 0 fully saturated rings. The number of hydrogen-bond acceptors (Lipinski definition) is 1. The SMILES string of the molecule is CC1=CCC=C(C=Cc2ccccc2)O1. The van der Waals surface area contributed by atoms with E-state index in [9.17, 15) is 0 Å². The van der Waals surface area contributed by atoms with Crippen molar-refractivity contribution in [3.05, 3.63) is 65.6 Å². The Bertz CT molecular complexity index is 410. The zero-order valence-electron chi connectivity index (χ0n) is 8.81. The molecular weight excluding hydrogens is 184 g/mol. The van der Waals surface area contributed by atoms with Crippen molar-refractivity contribution in [1.82, 2.24) is 0 Å². The maximum absolute atomic E-state index is 5.54. The van der Waals surface area contributed by atoms with Crippen LogP contribution in [-0.2, 0) is 4.74 Å². The lowest BCUT2D eigenvalue weighted by Crippen LogP contribution is -1.92. The minimum Gasteiger partial charge on any atom is -0.463 e. The second kappa shape index (κ2) is 4.65. The van der Waals surface area contributed by atoms with E-state index < -0.39 is 0 Å². The van der Waals surface area contributed by atoms with Gasteiger partial charge >= 0.3 is 0 Å². The molecule has 1 heteroatoms. The summed E-state index contributed by atoms with van der Waals surface area (Å²) in [6.45, 7) is 1.98. The summed E-state index contributed by atoms with van der Waals surface area (Å²) in [5, 5.41) is 0. The molecule has 0 radical (unpaired) electrons. The average Bonchev–Trinajstić information content (AvgIpc) is 2.28. The van der Waals surface area contributed by atoms with Gasteiger partial charge in [-0.1, -0.05) is 36.4 Å². The molecule has 76 valence electrons. The molecule has 1 heterocycles. The van der Waals surface area contributed by atoms with Gasteiger partial charge in [0.25, 0.3) is 0 Å². The number of rotatable bonds is 2. The van der Waals surface area contributed by atoms with Crippen molar-refractivity contribution in [2.45, 2.75) is 13.3 Å². The molecule has 0 aromatic heterocycles. The van der Waals surface area contributed by atoms with Crippen LogP contribution < -0.4 is 0 Å². The van der Waals surface area contributed by atoms with Gasteiger partial charge in [-0.2, -0.15) is 0 Å². The van der Waals surface area contributed by atoms with E-state index in [1.807, 2.05) is 31.2 Å². The molecule has 0 saturated heterocycles. The van der Waals surface area contributed by atoms with Gasteiger partial charge < -0.3 is 4.74 Å². The molecule has 0 atom stereocenters. The second-order valence-corrected chi connectivity index (χ2v) is 3.50. The van der Waals surface area contributed by atoms with Gasteiger partial charge in [0, 0.05) is 0 Å². The van der Waals surface area contributed by atoms with Gasteiger partial charge in [-0.15, -0.1) is 0 Å². The summed E-state index contributed by atoms with van der Waals surface area (Å²) in [7, 11) is 0. The minimum absolute atomic E-state index is 0.929. The number of hydrogen-bond donors (Lipinski definition) is 0. The Morgan fingerprint density at radius 2 is 1.87 bits per heavy atom. The normalized spacial score (nSPS) is 15.8. The Balaban J connectivity index is 2.04. The summed E-state index contributed by atoms with van der Waals surface area (Å²) in [4.78, 5) is 0. The molecule has 1 aromatic carbocycles. The van der Waals surface area contributed by atoms with Gasteiger partial charge in [0.15, 0.2) is 0 Å². The van der Waals surface area contributed by atoms with Crippen LogP contribution in [0.1, 0.15) is 18.9 Å². The molecule has 0 bridgehead atoms. The second-order valence-electron chi connectivity index (χ2n) is 3.50. The van der Waals surface area contributed by atoms with Gasteiger partial charge in [0.2, 0.25) is 0 Å². The van der Waals surface area contributed by atoms with E-state index in [4.69, 9.17) is 4.74 Å². The van der Waals surface area contributed by atoms with Crippen LogP contribution in [0.2, 0.25) is 0 Å². The number of ether oxygens (including phenoxy) is 1. The van der Waals surface area contributed by atoms with Crippen LogP contribution in [0.25, 0.3) is 6.08 Å². The summed E-state index contributed by atoms with van der Waals surface area (Å²) in [6, 6.07) is 10.2. The molecule has 1 aliphatic heterocycles. The van der Waals surface area contributed by atoms with Gasteiger partial charge in [-0.3, -0.25) is 0 Å². The van der Waals surface area contributed by atoms with E-state index in [1.165, 1.54) is 5.56 Å². The van der Waals surface area contributed by atoms with E-state index in [2.05, 4.69) is 30.4 Å². The highest BCUT2D eigenvalue weighted by Crippen LogP contribution is 2.16. The lowest BCUT2D eigenvalue weighted by atomic mass is 10.2. The Kier molecular flexibility index (Phi) is 3.03. The third-order valence-corrected chi connectivity index (χ3v) is 2.24. The Hall–Kier alpha value is -1.76. The van der Waals surface area contributed by atoms with Crippen molar-refractivity contribution in [2.75, 3.05) is 0 Å². The third-order valence-electron chi connectivity index (χ3n) is 2.24. The molecule has 0 saturated carbocycles. The summed E-state index contributed by atoms with van der Waals surface area (Å²) >= 11 is 0. The molecule has 0 aliphatic carbocycles. The van der Waals surface area contributed by atoms with Crippen molar-refractivity contribution in [1.29, 1.82) is 0 Å². The first-order valence-corrected chi connectivity index (χ1v) is 5.12. The highest BCUT2D eigenvalue weighted by molar-refractivity contribution is 5.52. The quantitative estimate of drug-likeness (QED) is 0.700. The fourth-order valence-corrected chi connectivity index (χ4v) is 1.45. The maximum atomic E-state index is 5.54. The van der Waals surface area contributed by atoms with E-state index in [-0.39, 0.29) is 0 Å². The first-order valence-electron chi connectivity index (χ1n) is 5.12. The summed E-state index contributed by atoms with van der Waals surface area (Å²) < 4.78 is 5.54. The van der Waals surface area contributed by atoms with Crippen LogP contribution in [-0.4, -0.2) is 0 Å². The molecule has 0 N–H and O–H groups in total. The average molecular weight is 198 g/mol. The van der Waals surface area contributed by atoms with Gasteiger partial charge in [-0.25, -0.2) is 0 Å². The molecule has 0 unspecified atom stereocenters. The lowest BCUT2D eigenvalue weighted by Gasteiger charge is -2.10. The Morgan fingerprint density at radius 3 is 2.60 bits per heavy atom. The molecule has 1 nitrogen and oxygen atoms in total. The fraction of sp³-hybridized carbons (Fsp3) is 0.143. The van der Waals surface area contributed by atoms with E-state index >= 15 is 0 Å². The van der Waals surface area contributed by atoms with Crippen LogP contribution >= 0.6 is 0 Å². The smallest absolute Gasteiger partial charge is 0.123 e. The van der Waals surface area contributed by atoms with Crippen molar-refractivity contribution >= 4 is 6.08 Å². The summed E-state index contributed by atoms with van der Waals surface area (Å²) in [5.41, 5.74) is 1.19. The van der Waals surface area contributed by atoms with Crippen LogP contribution in [0.15, 0.2) is 60.1 Å². The van der Waals surface area contributed by atoms with E-state index in [1.54, 1.807) is 0 Å². The number of allylic oxidation sites excluding steroid dienone is 4. The monoisotopic (exact) mass is 198 g/mol. The van der Waals surface area contributed by atoms with E-state index in [0.29, 0.717) is 0 Å². The fourth-order valence-electron chi connectivity index (χ4n) is 1.45. The van der Waals surface area contributed by atoms with Crippen molar-refractivity contribution in [3.63, 3.8) is 0 Å². The zero-order valence-corrected chi connectivity index (χ0v) is 8.81.